The largest absolute Gasteiger partial charge is 0.488 e. The number of hydrogen-bond acceptors (Lipinski definition) is 6. The zero-order valence-corrected chi connectivity index (χ0v) is 22.9. The molecule has 2 unspecified atom stereocenters. The van der Waals surface area contributed by atoms with Crippen molar-refractivity contribution < 1.29 is 24.2 Å². The van der Waals surface area contributed by atoms with E-state index in [0.717, 1.165) is 46.5 Å². The highest BCUT2D eigenvalue weighted by Gasteiger charge is 2.25. The number of imidazole rings is 1. The molecule has 1 aliphatic heterocycles. The van der Waals surface area contributed by atoms with Crippen LogP contribution in [0.25, 0.3) is 5.57 Å². The number of amides is 2. The van der Waals surface area contributed by atoms with Gasteiger partial charge in [0.15, 0.2) is 0 Å². The molecule has 0 radical (unpaired) electrons. The average molecular weight is 546 g/mol. The lowest BCUT2D eigenvalue weighted by Crippen LogP contribution is -2.51. The molecule has 1 aliphatic rings. The minimum absolute atomic E-state index is 0.0481. The lowest BCUT2D eigenvalue weighted by molar-refractivity contribution is -0.142. The molecule has 3 aromatic rings. The second kappa shape index (κ2) is 13.1. The molecule has 2 aromatic carbocycles. The van der Waals surface area contributed by atoms with Gasteiger partial charge in [-0.2, -0.15) is 0 Å². The molecule has 0 bridgehead atoms. The molecule has 0 saturated heterocycles. The number of nitrogens with one attached hydrogen (secondary N) is 3. The van der Waals surface area contributed by atoms with Crippen LogP contribution >= 0.6 is 0 Å². The molecule has 4 N–H and O–H groups in total. The van der Waals surface area contributed by atoms with E-state index in [0.29, 0.717) is 12.3 Å². The summed E-state index contributed by atoms with van der Waals surface area (Å²) in [7, 11) is 4.07. The van der Waals surface area contributed by atoms with Gasteiger partial charge >= 0.3 is 5.97 Å². The molecule has 2 heterocycles. The van der Waals surface area contributed by atoms with Crippen LogP contribution in [-0.4, -0.2) is 70.5 Å². The highest BCUT2D eigenvalue weighted by atomic mass is 16.5. The molecule has 10 heteroatoms. The Morgan fingerprint density at radius 1 is 1.15 bits per heavy atom. The van der Waals surface area contributed by atoms with Gasteiger partial charge in [0.05, 0.1) is 12.7 Å². The van der Waals surface area contributed by atoms with Gasteiger partial charge in [0.2, 0.25) is 11.8 Å². The van der Waals surface area contributed by atoms with Crippen molar-refractivity contribution in [3.05, 3.63) is 89.0 Å². The molecule has 0 saturated carbocycles. The Balaban J connectivity index is 1.45. The molecule has 1 aromatic heterocycles. The number of aromatic nitrogens is 2. The molecule has 4 rings (SSSR count). The van der Waals surface area contributed by atoms with Crippen LogP contribution in [0, 0.1) is 0 Å². The summed E-state index contributed by atoms with van der Waals surface area (Å²) in [4.78, 5) is 46.0. The van der Waals surface area contributed by atoms with E-state index in [9.17, 15) is 19.5 Å². The minimum atomic E-state index is -1.18. The fourth-order valence-corrected chi connectivity index (χ4v) is 4.58. The van der Waals surface area contributed by atoms with E-state index < -0.39 is 24.0 Å². The standard InChI is InChI=1S/C30H35N5O5/c1-19(29(37)34-26(30(38)39)15-22-16-31-18-32-22)33-28(36)14-20-10-11-27-25(13-20)24(9-6-12-35(2)3)23-8-5-4-7-21(23)17-40-27/h4-5,7-11,13,16,18-19,26H,6,12,14-15,17H2,1-3H3,(H,31,32)(H,33,36)(H,34,37)(H,38,39)/b24-9-. The second-order valence-electron chi connectivity index (χ2n) is 10.1. The Hall–Kier alpha value is -4.44. The van der Waals surface area contributed by atoms with Gasteiger partial charge in [-0.1, -0.05) is 36.4 Å². The van der Waals surface area contributed by atoms with Crippen molar-refractivity contribution in [2.75, 3.05) is 20.6 Å². The number of carbonyl (C=O) groups excluding carboxylic acids is 2. The first-order valence-corrected chi connectivity index (χ1v) is 13.2. The van der Waals surface area contributed by atoms with Gasteiger partial charge in [0.25, 0.3) is 0 Å². The smallest absolute Gasteiger partial charge is 0.326 e. The lowest BCUT2D eigenvalue weighted by Gasteiger charge is -2.18. The first kappa shape index (κ1) is 28.6. The maximum absolute atomic E-state index is 12.9. The van der Waals surface area contributed by atoms with Crippen molar-refractivity contribution in [1.82, 2.24) is 25.5 Å². The van der Waals surface area contributed by atoms with Gasteiger partial charge < -0.3 is 30.4 Å². The molecule has 2 atom stereocenters. The summed E-state index contributed by atoms with van der Waals surface area (Å²) >= 11 is 0. The molecule has 0 aliphatic carbocycles. The minimum Gasteiger partial charge on any atom is -0.488 e. The summed E-state index contributed by atoms with van der Waals surface area (Å²) < 4.78 is 6.12. The highest BCUT2D eigenvalue weighted by molar-refractivity contribution is 5.91. The summed E-state index contributed by atoms with van der Waals surface area (Å²) in [5, 5.41) is 14.7. The SMILES string of the molecule is CC(NC(=O)Cc1ccc2c(c1)/C(=C\CCN(C)C)c1ccccc1CO2)C(=O)NC(Cc1cnc[nH]1)C(=O)O. The Labute approximate surface area is 233 Å². The Bertz CT molecular complexity index is 1380. The third kappa shape index (κ3) is 7.35. The topological polar surface area (TPSA) is 137 Å². The number of carboxylic acid groups (broad SMARTS) is 1. The number of rotatable bonds is 11. The van der Waals surface area contributed by atoms with E-state index in [1.807, 2.05) is 44.4 Å². The number of carboxylic acids is 1. The second-order valence-corrected chi connectivity index (χ2v) is 10.1. The Kier molecular flexibility index (Phi) is 9.34. The summed E-state index contributed by atoms with van der Waals surface area (Å²) in [5.74, 6) is -1.36. The normalized spacial score (nSPS) is 14.8. The Morgan fingerprint density at radius 3 is 2.67 bits per heavy atom. The van der Waals surface area contributed by atoms with Gasteiger partial charge in [-0.3, -0.25) is 9.59 Å². The van der Waals surface area contributed by atoms with E-state index in [4.69, 9.17) is 4.74 Å². The number of nitrogens with zero attached hydrogens (tertiary/aromatic N) is 2. The van der Waals surface area contributed by atoms with Crippen molar-refractivity contribution in [3.8, 4) is 5.75 Å². The zero-order chi connectivity index (χ0) is 28.6. The number of carbonyl (C=O) groups is 3. The van der Waals surface area contributed by atoms with Crippen LogP contribution in [0.1, 0.15) is 41.3 Å². The van der Waals surface area contributed by atoms with Crippen molar-refractivity contribution in [3.63, 3.8) is 0 Å². The number of ether oxygens (including phenoxy) is 1. The molecule has 0 spiro atoms. The van der Waals surface area contributed by atoms with Crippen LogP contribution in [0.15, 0.2) is 61.1 Å². The molecule has 10 nitrogen and oxygen atoms in total. The monoisotopic (exact) mass is 545 g/mol. The number of benzene rings is 2. The van der Waals surface area contributed by atoms with Crippen LogP contribution in [0.2, 0.25) is 0 Å². The Morgan fingerprint density at radius 2 is 1.95 bits per heavy atom. The van der Waals surface area contributed by atoms with Crippen molar-refractivity contribution in [2.24, 2.45) is 0 Å². The molecule has 40 heavy (non-hydrogen) atoms. The molecular weight excluding hydrogens is 510 g/mol. The van der Waals surface area contributed by atoms with E-state index in [2.05, 4.69) is 43.7 Å². The van der Waals surface area contributed by atoms with Gasteiger partial charge in [-0.15, -0.1) is 0 Å². The van der Waals surface area contributed by atoms with Gasteiger partial charge in [0, 0.05) is 30.4 Å². The number of fused-ring (bicyclic) bond motifs is 2. The summed E-state index contributed by atoms with van der Waals surface area (Å²) in [6.07, 6.45) is 6.10. The predicted octanol–water partition coefficient (Wildman–Crippen LogP) is 2.54. The highest BCUT2D eigenvalue weighted by Crippen LogP contribution is 2.37. The van der Waals surface area contributed by atoms with E-state index in [-0.39, 0.29) is 18.7 Å². The lowest BCUT2D eigenvalue weighted by atomic mass is 9.92. The molecule has 2 amide bonds. The van der Waals surface area contributed by atoms with Crippen molar-refractivity contribution in [1.29, 1.82) is 0 Å². The fraction of sp³-hybridized carbons (Fsp3) is 0.333. The number of aliphatic carboxylic acids is 1. The average Bonchev–Trinajstić information content (AvgIpc) is 3.38. The van der Waals surface area contributed by atoms with Crippen molar-refractivity contribution in [2.45, 2.75) is 44.9 Å². The van der Waals surface area contributed by atoms with E-state index in [1.165, 1.54) is 19.4 Å². The van der Waals surface area contributed by atoms with Crippen LogP contribution in [0.4, 0.5) is 0 Å². The third-order valence-electron chi connectivity index (χ3n) is 6.68. The van der Waals surface area contributed by atoms with Crippen LogP contribution < -0.4 is 15.4 Å². The maximum atomic E-state index is 12.9. The van der Waals surface area contributed by atoms with Gasteiger partial charge in [-0.25, -0.2) is 9.78 Å². The summed E-state index contributed by atoms with van der Waals surface area (Å²) in [5.41, 5.74) is 5.54. The molecular formula is C30H35N5O5. The first-order chi connectivity index (χ1) is 19.2. The van der Waals surface area contributed by atoms with Crippen molar-refractivity contribution >= 4 is 23.4 Å². The summed E-state index contributed by atoms with van der Waals surface area (Å²) in [6, 6.07) is 11.8. The van der Waals surface area contributed by atoms with Crippen LogP contribution in [0.5, 0.6) is 5.75 Å². The quantitative estimate of drug-likeness (QED) is 0.291. The molecule has 210 valence electrons. The number of H-pyrrole nitrogens is 1. The third-order valence-corrected chi connectivity index (χ3v) is 6.68. The number of aromatic amines is 1. The fourth-order valence-electron chi connectivity index (χ4n) is 4.58. The zero-order valence-electron chi connectivity index (χ0n) is 22.9. The van der Waals surface area contributed by atoms with Gasteiger partial charge in [0.1, 0.15) is 24.4 Å². The van der Waals surface area contributed by atoms with Crippen LogP contribution in [0.3, 0.4) is 0 Å². The maximum Gasteiger partial charge on any atom is 0.326 e. The number of hydrogen-bond donors (Lipinski definition) is 4. The van der Waals surface area contributed by atoms with E-state index in [1.54, 1.807) is 0 Å². The first-order valence-electron chi connectivity index (χ1n) is 13.2. The molecule has 0 fully saturated rings. The van der Waals surface area contributed by atoms with E-state index >= 15 is 0 Å². The van der Waals surface area contributed by atoms with Gasteiger partial charge in [-0.05, 0) is 61.8 Å². The van der Waals surface area contributed by atoms with Crippen LogP contribution in [-0.2, 0) is 33.8 Å². The summed E-state index contributed by atoms with van der Waals surface area (Å²) in [6.45, 7) is 2.88. The predicted molar refractivity (Wildman–Crippen MR) is 151 cm³/mol.